The molecule has 4 heteroatoms. The smallest absolute Gasteiger partial charge is 0.152 e. The molecule has 0 radical (unpaired) electrons. The molecule has 0 aliphatic carbocycles. The van der Waals surface area contributed by atoms with Crippen molar-refractivity contribution in [1.29, 1.82) is 0 Å². The Morgan fingerprint density at radius 2 is 2.06 bits per heavy atom. The van der Waals surface area contributed by atoms with Gasteiger partial charge in [-0.05, 0) is 48.4 Å². The Hall–Kier alpha value is -0.770. The van der Waals surface area contributed by atoms with E-state index in [0.717, 1.165) is 4.90 Å². The van der Waals surface area contributed by atoms with Gasteiger partial charge in [0.05, 0.1) is 0 Å². The molecule has 0 saturated carbocycles. The maximum Gasteiger partial charge on any atom is 0.152 e. The Kier molecular flexibility index (Phi) is 5.60. The van der Waals surface area contributed by atoms with Crippen LogP contribution in [0.25, 0.3) is 0 Å². The van der Waals surface area contributed by atoms with E-state index in [1.54, 1.807) is 30.3 Å². The lowest BCUT2D eigenvalue weighted by molar-refractivity contribution is -0.112. The molecule has 86 valence electrons. The molecule has 0 spiro atoms. The minimum atomic E-state index is -1.03. The first kappa shape index (κ1) is 13.3. The Labute approximate surface area is 103 Å². The summed E-state index contributed by atoms with van der Waals surface area (Å²) in [5.74, 6) is 0.531. The summed E-state index contributed by atoms with van der Waals surface area (Å²) < 4.78 is 11.7. The number of hydrogen-bond donors (Lipinski definition) is 0. The van der Waals surface area contributed by atoms with E-state index in [1.165, 1.54) is 13.0 Å². The highest BCUT2D eigenvalue weighted by Gasteiger charge is 2.08. The minimum Gasteiger partial charge on any atom is -0.611 e. The summed E-state index contributed by atoms with van der Waals surface area (Å²) in [5, 5.41) is 0.636. The van der Waals surface area contributed by atoms with Gasteiger partial charge in [-0.3, -0.25) is 4.79 Å². The first-order valence-electron chi connectivity index (χ1n) is 4.90. The molecule has 0 saturated heterocycles. The van der Waals surface area contributed by atoms with E-state index >= 15 is 0 Å². The third-order valence-corrected chi connectivity index (χ3v) is 3.56. The minimum absolute atomic E-state index is 0.0114. The van der Waals surface area contributed by atoms with E-state index in [0.29, 0.717) is 17.2 Å². The van der Waals surface area contributed by atoms with Gasteiger partial charge in [0.2, 0.25) is 0 Å². The van der Waals surface area contributed by atoms with Gasteiger partial charge in [-0.1, -0.05) is 17.7 Å². The standard InChI is InChI=1S/C12H13ClO2S/c1-10(14)4-2-3-9-16(15)12-7-5-11(13)6-8-12/h2,4-8H,3,9H2,1H3. The van der Waals surface area contributed by atoms with Crippen LogP contribution in [0.4, 0.5) is 0 Å². The second-order valence-electron chi connectivity index (χ2n) is 3.31. The summed E-state index contributed by atoms with van der Waals surface area (Å²) >= 11 is 4.70. The largest absolute Gasteiger partial charge is 0.611 e. The summed E-state index contributed by atoms with van der Waals surface area (Å²) in [7, 11) is 0. The highest BCUT2D eigenvalue weighted by Crippen LogP contribution is 2.15. The number of carbonyl (C=O) groups excluding carboxylic acids is 1. The highest BCUT2D eigenvalue weighted by molar-refractivity contribution is 7.91. The fourth-order valence-electron chi connectivity index (χ4n) is 1.13. The third kappa shape index (κ3) is 4.84. The molecule has 1 aromatic rings. The fraction of sp³-hybridized carbons (Fsp3) is 0.250. The van der Waals surface area contributed by atoms with Gasteiger partial charge < -0.3 is 4.55 Å². The van der Waals surface area contributed by atoms with Crippen molar-refractivity contribution in [3.8, 4) is 0 Å². The van der Waals surface area contributed by atoms with Crippen molar-refractivity contribution in [2.45, 2.75) is 18.2 Å². The molecular weight excluding hydrogens is 244 g/mol. The van der Waals surface area contributed by atoms with Gasteiger partial charge in [-0.25, -0.2) is 0 Å². The van der Waals surface area contributed by atoms with Gasteiger partial charge in [0.15, 0.2) is 10.7 Å². The molecule has 1 aromatic carbocycles. The predicted molar refractivity (Wildman–Crippen MR) is 67.2 cm³/mol. The quantitative estimate of drug-likeness (QED) is 0.600. The van der Waals surface area contributed by atoms with E-state index in [4.69, 9.17) is 11.6 Å². The van der Waals surface area contributed by atoms with Gasteiger partial charge in [0.25, 0.3) is 0 Å². The Bertz CT molecular complexity index is 373. The van der Waals surface area contributed by atoms with Crippen molar-refractivity contribution in [1.82, 2.24) is 0 Å². The number of hydrogen-bond acceptors (Lipinski definition) is 2. The van der Waals surface area contributed by atoms with E-state index in [1.807, 2.05) is 0 Å². The Balaban J connectivity index is 2.43. The second kappa shape index (κ2) is 6.74. The average molecular weight is 257 g/mol. The van der Waals surface area contributed by atoms with Crippen LogP contribution in [0.1, 0.15) is 13.3 Å². The van der Waals surface area contributed by atoms with E-state index < -0.39 is 11.2 Å². The van der Waals surface area contributed by atoms with Crippen molar-refractivity contribution in [2.75, 3.05) is 5.75 Å². The third-order valence-electron chi connectivity index (χ3n) is 1.90. The second-order valence-corrected chi connectivity index (χ2v) is 5.31. The van der Waals surface area contributed by atoms with Gasteiger partial charge in [-0.2, -0.15) is 0 Å². The highest BCUT2D eigenvalue weighted by atomic mass is 35.5. The molecule has 16 heavy (non-hydrogen) atoms. The predicted octanol–water partition coefficient (Wildman–Crippen LogP) is 2.98. The van der Waals surface area contributed by atoms with Crippen LogP contribution in [-0.4, -0.2) is 16.1 Å². The monoisotopic (exact) mass is 256 g/mol. The van der Waals surface area contributed by atoms with Crippen LogP contribution in [0.15, 0.2) is 41.3 Å². The average Bonchev–Trinajstić information content (AvgIpc) is 2.25. The molecule has 1 atom stereocenters. The van der Waals surface area contributed by atoms with Gasteiger partial charge in [0.1, 0.15) is 5.75 Å². The van der Waals surface area contributed by atoms with Gasteiger partial charge in [-0.15, -0.1) is 0 Å². The number of benzene rings is 1. The maximum absolute atomic E-state index is 11.7. The Morgan fingerprint density at radius 1 is 1.44 bits per heavy atom. The summed E-state index contributed by atoms with van der Waals surface area (Å²) in [6, 6.07) is 6.96. The van der Waals surface area contributed by atoms with Crippen LogP contribution >= 0.6 is 11.6 Å². The first-order valence-corrected chi connectivity index (χ1v) is 6.60. The molecule has 0 aromatic heterocycles. The molecule has 0 aliphatic heterocycles. The SMILES string of the molecule is CC(=O)C=CCC[S+]([O-])c1ccc(Cl)cc1. The van der Waals surface area contributed by atoms with Crippen molar-refractivity contribution in [3.05, 3.63) is 41.4 Å². The summed E-state index contributed by atoms with van der Waals surface area (Å²) in [6.07, 6.45) is 3.88. The molecule has 0 N–H and O–H groups in total. The number of allylic oxidation sites excluding steroid dienone is 2. The number of rotatable bonds is 5. The first-order chi connectivity index (χ1) is 7.59. The molecule has 0 fully saturated rings. The zero-order valence-electron chi connectivity index (χ0n) is 8.98. The molecule has 0 bridgehead atoms. The summed E-state index contributed by atoms with van der Waals surface area (Å²) in [4.78, 5) is 11.4. The molecule has 0 amide bonds. The van der Waals surface area contributed by atoms with Crippen molar-refractivity contribution in [2.24, 2.45) is 0 Å². The van der Waals surface area contributed by atoms with Crippen molar-refractivity contribution in [3.63, 3.8) is 0 Å². The van der Waals surface area contributed by atoms with Crippen LogP contribution in [0.5, 0.6) is 0 Å². The van der Waals surface area contributed by atoms with Crippen LogP contribution < -0.4 is 0 Å². The van der Waals surface area contributed by atoms with E-state index in [2.05, 4.69) is 0 Å². The molecule has 2 nitrogen and oxygen atoms in total. The lowest BCUT2D eigenvalue weighted by Crippen LogP contribution is -2.05. The zero-order chi connectivity index (χ0) is 12.0. The van der Waals surface area contributed by atoms with Crippen LogP contribution in [0, 0.1) is 0 Å². The maximum atomic E-state index is 11.7. The van der Waals surface area contributed by atoms with Crippen molar-refractivity contribution < 1.29 is 9.35 Å². The van der Waals surface area contributed by atoms with E-state index in [-0.39, 0.29) is 5.78 Å². The number of halogens is 1. The van der Waals surface area contributed by atoms with Gasteiger partial charge >= 0.3 is 0 Å². The van der Waals surface area contributed by atoms with Gasteiger partial charge in [0, 0.05) is 11.4 Å². The molecule has 0 heterocycles. The van der Waals surface area contributed by atoms with Crippen molar-refractivity contribution >= 4 is 28.6 Å². The zero-order valence-corrected chi connectivity index (χ0v) is 10.6. The lowest BCUT2D eigenvalue weighted by atomic mass is 10.3. The molecule has 1 unspecified atom stereocenters. The number of carbonyl (C=O) groups is 1. The van der Waals surface area contributed by atoms with Crippen LogP contribution in [0.3, 0.4) is 0 Å². The van der Waals surface area contributed by atoms with Crippen LogP contribution in [-0.2, 0) is 16.0 Å². The topological polar surface area (TPSA) is 40.1 Å². The summed E-state index contributed by atoms with van der Waals surface area (Å²) in [5.41, 5.74) is 0. The molecule has 1 rings (SSSR count). The normalized spacial score (nSPS) is 12.9. The summed E-state index contributed by atoms with van der Waals surface area (Å²) in [6.45, 7) is 1.49. The number of ketones is 1. The lowest BCUT2D eigenvalue weighted by Gasteiger charge is -2.08. The molecular formula is C12H13ClO2S. The van der Waals surface area contributed by atoms with E-state index in [9.17, 15) is 9.35 Å². The Morgan fingerprint density at radius 3 is 2.62 bits per heavy atom. The van der Waals surface area contributed by atoms with Crippen LogP contribution in [0.2, 0.25) is 5.02 Å². The molecule has 0 aliphatic rings. The fourth-order valence-corrected chi connectivity index (χ4v) is 2.28.